The molecule has 0 rings (SSSR count). The number of rotatable bonds is 16. The van der Waals surface area contributed by atoms with Crippen LogP contribution in [-0.2, 0) is 19.6 Å². The lowest BCUT2D eigenvalue weighted by atomic mass is 10.00. The van der Waals surface area contributed by atoms with E-state index < -0.39 is 5.60 Å². The molecule has 0 amide bonds. The first-order valence-corrected chi connectivity index (χ1v) is 11.9. The predicted octanol–water partition coefficient (Wildman–Crippen LogP) is 8.33. The topological polar surface area (TPSA) is 44.8 Å². The minimum absolute atomic E-state index is 0.0940. The van der Waals surface area contributed by atoms with Gasteiger partial charge in [0.25, 0.3) is 0 Å². The number of unbranched alkanes of at least 4 members (excludes halogenated alkanes) is 10. The zero-order valence-electron chi connectivity index (χ0n) is 20.1. The van der Waals surface area contributed by atoms with Crippen LogP contribution in [-0.4, -0.2) is 11.6 Å². The molecule has 0 saturated heterocycles. The highest BCUT2D eigenvalue weighted by Crippen LogP contribution is 2.15. The van der Waals surface area contributed by atoms with E-state index in [9.17, 15) is 4.79 Å². The number of hydrogen-bond donors (Lipinski definition) is 0. The second-order valence-electron chi connectivity index (χ2n) is 8.74. The summed E-state index contributed by atoms with van der Waals surface area (Å²) in [5.74, 6) is -0.441. The van der Waals surface area contributed by atoms with Crippen LogP contribution in [0.4, 0.5) is 0 Å². The highest BCUT2D eigenvalue weighted by Gasteiger charge is 2.20. The van der Waals surface area contributed by atoms with E-state index in [0.29, 0.717) is 0 Å². The molecule has 4 nitrogen and oxygen atoms in total. The summed E-state index contributed by atoms with van der Waals surface area (Å²) in [5.41, 5.74) is -0.481. The van der Waals surface area contributed by atoms with Gasteiger partial charge in [-0.1, -0.05) is 105 Å². The van der Waals surface area contributed by atoms with Gasteiger partial charge in [0.05, 0.1) is 11.5 Å². The second kappa shape index (κ2) is 21.1. The molecule has 0 aliphatic carbocycles. The lowest BCUT2D eigenvalue weighted by Gasteiger charge is -2.17. The first-order valence-electron chi connectivity index (χ1n) is 11.9. The van der Waals surface area contributed by atoms with E-state index in [4.69, 9.17) is 4.89 Å². The van der Waals surface area contributed by atoms with Gasteiger partial charge in [-0.2, -0.15) is 4.89 Å². The van der Waals surface area contributed by atoms with Crippen LogP contribution in [0.2, 0.25) is 0 Å². The smallest absolute Gasteiger partial charge is 0.269 e. The minimum Gasteiger partial charge on any atom is -0.269 e. The maximum Gasteiger partial charge on any atom is 0.348 e. The Morgan fingerprint density at radius 1 is 0.714 bits per heavy atom. The van der Waals surface area contributed by atoms with E-state index in [0.717, 1.165) is 25.7 Å². The maximum atomic E-state index is 11.5. The van der Waals surface area contributed by atoms with Crippen molar-refractivity contribution in [1.29, 1.82) is 0 Å². The highest BCUT2D eigenvalue weighted by atomic mass is 17.5. The van der Waals surface area contributed by atoms with Gasteiger partial charge in [0.1, 0.15) is 0 Å². The molecule has 0 heterocycles. The quantitative estimate of drug-likeness (QED) is 0.148. The third kappa shape index (κ3) is 23.4. The van der Waals surface area contributed by atoms with Crippen LogP contribution in [0, 0.1) is 5.92 Å². The van der Waals surface area contributed by atoms with Crippen molar-refractivity contribution in [3.05, 3.63) is 0 Å². The molecule has 0 spiro atoms. The molecule has 0 aromatic rings. The average Bonchev–Trinajstić information content (AvgIpc) is 2.64. The summed E-state index contributed by atoms with van der Waals surface area (Å²) < 4.78 is 0. The van der Waals surface area contributed by atoms with Gasteiger partial charge >= 0.3 is 5.97 Å². The molecular formula is C24H50O4. The van der Waals surface area contributed by atoms with E-state index in [1.165, 1.54) is 64.2 Å². The van der Waals surface area contributed by atoms with E-state index >= 15 is 0 Å². The largest absolute Gasteiger partial charge is 0.348 e. The molecule has 0 aliphatic heterocycles. The van der Waals surface area contributed by atoms with Gasteiger partial charge in [0.2, 0.25) is 0 Å². The van der Waals surface area contributed by atoms with Gasteiger partial charge in [-0.25, -0.2) is 4.79 Å². The Morgan fingerprint density at radius 3 is 1.50 bits per heavy atom. The van der Waals surface area contributed by atoms with Crippen molar-refractivity contribution in [2.24, 2.45) is 5.92 Å². The van der Waals surface area contributed by atoms with Gasteiger partial charge in [-0.3, -0.25) is 4.89 Å². The highest BCUT2D eigenvalue weighted by molar-refractivity contribution is 5.71. The molecule has 1 atom stereocenters. The monoisotopic (exact) mass is 402 g/mol. The van der Waals surface area contributed by atoms with Crippen LogP contribution < -0.4 is 0 Å². The molecule has 0 aromatic heterocycles. The van der Waals surface area contributed by atoms with Crippen molar-refractivity contribution in [1.82, 2.24) is 0 Å². The molecule has 0 bridgehead atoms. The number of hydrogen-bond acceptors (Lipinski definition) is 4. The van der Waals surface area contributed by atoms with Crippen LogP contribution in [0.1, 0.15) is 138 Å². The lowest BCUT2D eigenvalue weighted by molar-refractivity contribution is -0.515. The van der Waals surface area contributed by atoms with E-state index in [-0.39, 0.29) is 11.9 Å². The van der Waals surface area contributed by atoms with Crippen molar-refractivity contribution in [2.75, 3.05) is 0 Å². The summed E-state index contributed by atoms with van der Waals surface area (Å²) >= 11 is 0. The molecule has 0 radical (unpaired) electrons. The van der Waals surface area contributed by atoms with Crippen molar-refractivity contribution in [2.45, 2.75) is 144 Å². The summed E-state index contributed by atoms with van der Waals surface area (Å²) in [7, 11) is 0. The second-order valence-corrected chi connectivity index (χ2v) is 8.74. The average molecular weight is 403 g/mol. The zero-order chi connectivity index (χ0) is 21.7. The molecule has 0 fully saturated rings. The van der Waals surface area contributed by atoms with Crippen molar-refractivity contribution in [3.8, 4) is 0 Å². The van der Waals surface area contributed by atoms with Gasteiger partial charge in [-0.15, -0.1) is 0 Å². The van der Waals surface area contributed by atoms with Crippen LogP contribution >= 0.6 is 0 Å². The Bertz CT molecular complexity index is 313. The normalized spacial score (nSPS) is 12.2. The fourth-order valence-corrected chi connectivity index (χ4v) is 2.72. The van der Waals surface area contributed by atoms with Gasteiger partial charge in [-0.05, 0) is 38.7 Å². The van der Waals surface area contributed by atoms with Crippen LogP contribution in [0.5, 0.6) is 0 Å². The summed E-state index contributed by atoms with van der Waals surface area (Å²) in [6.45, 7) is 14.1. The lowest BCUT2D eigenvalue weighted by Crippen LogP contribution is -2.23. The van der Waals surface area contributed by atoms with Crippen molar-refractivity contribution in [3.63, 3.8) is 0 Å². The minimum atomic E-state index is -0.481. The van der Waals surface area contributed by atoms with Crippen LogP contribution in [0.15, 0.2) is 0 Å². The van der Waals surface area contributed by atoms with Gasteiger partial charge in [0, 0.05) is 0 Å². The summed E-state index contributed by atoms with van der Waals surface area (Å²) in [6.07, 6.45) is 18.1. The third-order valence-electron chi connectivity index (χ3n) is 4.59. The summed E-state index contributed by atoms with van der Waals surface area (Å²) in [5, 5.41) is 4.47. The van der Waals surface area contributed by atoms with Crippen molar-refractivity contribution < 1.29 is 19.6 Å². The van der Waals surface area contributed by atoms with Gasteiger partial charge < -0.3 is 0 Å². The molecule has 0 N–H and O–H groups in total. The molecule has 170 valence electrons. The van der Waals surface area contributed by atoms with E-state index in [1.54, 1.807) is 0 Å². The Kier molecular flexibility index (Phi) is 22.3. The van der Waals surface area contributed by atoms with Crippen LogP contribution in [0.3, 0.4) is 0 Å². The standard InChI is InChI=1S/C12H24O4.C12H26/c1-6-8-9-10(7-2)11(13)14-16-15-12(3,4)5;1-3-5-7-9-11-12-10-8-6-4-2/h10H,6-9H2,1-5H3;3-12H2,1-2H3. The fraction of sp³-hybridized carbons (Fsp3) is 0.958. The Labute approximate surface area is 175 Å². The molecule has 4 heteroatoms. The number of carbonyl (C=O) groups is 1. The Balaban J connectivity index is 0. The van der Waals surface area contributed by atoms with Crippen LogP contribution in [0.25, 0.3) is 0 Å². The molecule has 0 aromatic carbocycles. The molecule has 28 heavy (non-hydrogen) atoms. The first-order chi connectivity index (χ1) is 13.3. The molecule has 0 saturated carbocycles. The molecule has 1 unspecified atom stereocenters. The van der Waals surface area contributed by atoms with Gasteiger partial charge in [0.15, 0.2) is 0 Å². The predicted molar refractivity (Wildman–Crippen MR) is 119 cm³/mol. The zero-order valence-corrected chi connectivity index (χ0v) is 20.1. The summed E-state index contributed by atoms with van der Waals surface area (Å²) in [4.78, 5) is 21.0. The molecule has 0 aliphatic rings. The van der Waals surface area contributed by atoms with Crippen molar-refractivity contribution >= 4 is 5.97 Å². The fourth-order valence-electron chi connectivity index (χ4n) is 2.72. The van der Waals surface area contributed by atoms with E-state index in [1.807, 2.05) is 27.7 Å². The first kappa shape index (κ1) is 29.6. The Morgan fingerprint density at radius 2 is 1.14 bits per heavy atom. The number of carbonyl (C=O) groups excluding carboxylic acids is 1. The molecular weight excluding hydrogens is 352 g/mol. The van der Waals surface area contributed by atoms with E-state index in [2.05, 4.69) is 30.7 Å². The third-order valence-corrected chi connectivity index (χ3v) is 4.59. The maximum absolute atomic E-state index is 11.5. The summed E-state index contributed by atoms with van der Waals surface area (Å²) in [6, 6.07) is 0. The SMILES string of the molecule is CCCCC(CC)C(=O)OOOC(C)(C)C.CCCCCCCCCCCC. The Hall–Kier alpha value is -0.610.